The molecular formula is C41H51N3O17. The van der Waals surface area contributed by atoms with Crippen LogP contribution in [0.2, 0.25) is 0 Å². The zero-order chi connectivity index (χ0) is 43.5. The number of rotatable bonds is 15. The lowest BCUT2D eigenvalue weighted by atomic mass is 9.83. The minimum atomic E-state index is -1.86. The van der Waals surface area contributed by atoms with Crippen LogP contribution < -0.4 is 16.0 Å². The van der Waals surface area contributed by atoms with Gasteiger partial charge in [0, 0.05) is 0 Å². The van der Waals surface area contributed by atoms with Crippen LogP contribution in [0.1, 0.15) is 23.1 Å². The van der Waals surface area contributed by atoms with E-state index in [9.17, 15) is 50.1 Å². The number of carbonyl (C=O) groups is 3. The van der Waals surface area contributed by atoms with E-state index in [2.05, 4.69) is 16.0 Å². The lowest BCUT2D eigenvalue weighted by Gasteiger charge is -2.48. The largest absolute Gasteiger partial charge is 0.445 e. The van der Waals surface area contributed by atoms with Crippen LogP contribution in [0.25, 0.3) is 0 Å². The van der Waals surface area contributed by atoms with E-state index in [-0.39, 0.29) is 26.2 Å². The predicted molar refractivity (Wildman–Crippen MR) is 207 cm³/mol. The van der Waals surface area contributed by atoms with Gasteiger partial charge < -0.3 is 84.9 Å². The highest BCUT2D eigenvalue weighted by atomic mass is 16.7. The number of aliphatic hydroxyl groups is 7. The quantitative estimate of drug-likeness (QED) is 0.0845. The molecule has 3 aromatic carbocycles. The van der Waals surface area contributed by atoms with Crippen molar-refractivity contribution in [2.45, 2.75) is 112 Å². The number of aliphatic hydroxyl groups excluding tert-OH is 7. The summed E-state index contributed by atoms with van der Waals surface area (Å²) in [6.07, 6.45) is -21.9. The van der Waals surface area contributed by atoms with Gasteiger partial charge in [-0.1, -0.05) is 91.0 Å². The maximum Gasteiger partial charge on any atom is 0.407 e. The molecule has 20 nitrogen and oxygen atoms in total. The molecule has 1 saturated carbocycles. The maximum atomic E-state index is 13.5. The first kappa shape index (κ1) is 45.6. The van der Waals surface area contributed by atoms with Crippen molar-refractivity contribution < 1.29 is 83.3 Å². The molecule has 14 atom stereocenters. The number of hydrogen-bond acceptors (Lipinski definition) is 17. The molecule has 0 bridgehead atoms. The smallest absolute Gasteiger partial charge is 0.407 e. The predicted octanol–water partition coefficient (Wildman–Crippen LogP) is -0.716. The van der Waals surface area contributed by atoms with Crippen LogP contribution in [0.4, 0.5) is 14.4 Å². The van der Waals surface area contributed by atoms with E-state index < -0.39 is 117 Å². The molecule has 1 aliphatic carbocycles. The van der Waals surface area contributed by atoms with Crippen LogP contribution in [-0.2, 0) is 53.0 Å². The van der Waals surface area contributed by atoms with Gasteiger partial charge in [0.25, 0.3) is 0 Å². The highest BCUT2D eigenvalue weighted by Crippen LogP contribution is 2.34. The molecule has 332 valence electrons. The third-order valence-electron chi connectivity index (χ3n) is 10.5. The Bertz CT molecular complexity index is 1830. The third kappa shape index (κ3) is 11.9. The number of amides is 3. The molecule has 2 heterocycles. The van der Waals surface area contributed by atoms with Gasteiger partial charge >= 0.3 is 18.3 Å². The first-order chi connectivity index (χ1) is 29.4. The van der Waals surface area contributed by atoms with Gasteiger partial charge in [0.15, 0.2) is 12.6 Å². The number of benzene rings is 3. The van der Waals surface area contributed by atoms with Gasteiger partial charge in [-0.15, -0.1) is 0 Å². The van der Waals surface area contributed by atoms with Crippen molar-refractivity contribution in [1.82, 2.24) is 16.0 Å². The average Bonchev–Trinajstić information content (AvgIpc) is 3.55. The molecule has 2 aliphatic heterocycles. The van der Waals surface area contributed by atoms with Gasteiger partial charge in [-0.3, -0.25) is 0 Å². The molecule has 3 fully saturated rings. The Morgan fingerprint density at radius 1 is 0.508 bits per heavy atom. The topological polar surface area (TPSA) is 294 Å². The van der Waals surface area contributed by atoms with Crippen molar-refractivity contribution in [1.29, 1.82) is 0 Å². The molecule has 0 unspecified atom stereocenters. The second-order valence-corrected chi connectivity index (χ2v) is 14.7. The first-order valence-corrected chi connectivity index (χ1v) is 19.6. The van der Waals surface area contributed by atoms with Crippen LogP contribution in [0.15, 0.2) is 91.0 Å². The van der Waals surface area contributed by atoms with Crippen molar-refractivity contribution in [2.24, 2.45) is 0 Å². The summed E-state index contributed by atoms with van der Waals surface area (Å²) >= 11 is 0. The number of ether oxygens (including phenoxy) is 7. The van der Waals surface area contributed by atoms with Crippen molar-refractivity contribution in [3.8, 4) is 0 Å². The molecule has 61 heavy (non-hydrogen) atoms. The molecule has 20 heteroatoms. The Hall–Kier alpha value is -4.97. The highest BCUT2D eigenvalue weighted by molar-refractivity contribution is 5.69. The zero-order valence-electron chi connectivity index (χ0n) is 32.7. The number of alkyl carbamates (subject to hydrolysis) is 3. The summed E-state index contributed by atoms with van der Waals surface area (Å²) in [7, 11) is 0. The van der Waals surface area contributed by atoms with Crippen molar-refractivity contribution in [3.05, 3.63) is 108 Å². The minimum Gasteiger partial charge on any atom is -0.445 e. The number of carbonyl (C=O) groups excluding carboxylic acids is 3. The SMILES string of the molecule is O=C(N[C@H]1[C@@H](O[C@H]2[C@H](O[C@@H]3O[C@H](CO)[C@@H](O)[C@H]3O)[C@@H](O)[C@H](NC(=O)OCc3ccccc3)C[C@@H]2NC(=O)OCc2ccccc2)O[C@H](CO)[C@@H](O)[C@@H]1O)OCc1ccccc1. The van der Waals surface area contributed by atoms with Crippen molar-refractivity contribution >= 4 is 18.3 Å². The monoisotopic (exact) mass is 857 g/mol. The Morgan fingerprint density at radius 3 is 1.39 bits per heavy atom. The van der Waals surface area contributed by atoms with E-state index in [4.69, 9.17) is 33.2 Å². The van der Waals surface area contributed by atoms with Crippen LogP contribution in [0, 0.1) is 0 Å². The Labute approximate surface area is 349 Å². The standard InChI is InChI=1S/C41H51N3O17/c45-17-27-31(48)33(50)29(44-41(54)57-21-24-14-8-3-9-15-24)37(58-27)60-35-26(43-40(53)56-20-23-12-6-2-7-13-23)16-25(42-39(52)55-19-22-10-4-1-5-11-22)30(47)36(35)61-38-34(51)32(49)28(18-46)59-38/h1-15,25-38,45-51H,16-21H2,(H,42,52)(H,43,53)(H,44,54)/t25-,26+,27-,28-,29-,30+,31-,32-,33-,34-,35-,36-,37-,38+/m1/s1. The van der Waals surface area contributed by atoms with Gasteiger partial charge in [0.2, 0.25) is 0 Å². The fraction of sp³-hybridized carbons (Fsp3) is 0.488. The summed E-state index contributed by atoms with van der Waals surface area (Å²) in [5.74, 6) is 0. The third-order valence-corrected chi connectivity index (χ3v) is 10.5. The van der Waals surface area contributed by atoms with Gasteiger partial charge in [-0.25, -0.2) is 14.4 Å². The van der Waals surface area contributed by atoms with Gasteiger partial charge in [0.05, 0.1) is 25.3 Å². The van der Waals surface area contributed by atoms with Crippen molar-refractivity contribution in [3.63, 3.8) is 0 Å². The molecule has 3 amide bonds. The molecule has 2 saturated heterocycles. The Balaban J connectivity index is 1.30. The van der Waals surface area contributed by atoms with Gasteiger partial charge in [0.1, 0.15) is 80.8 Å². The Morgan fingerprint density at radius 2 is 0.918 bits per heavy atom. The van der Waals surface area contributed by atoms with E-state index in [1.807, 2.05) is 0 Å². The highest BCUT2D eigenvalue weighted by Gasteiger charge is 2.55. The van der Waals surface area contributed by atoms with Crippen LogP contribution >= 0.6 is 0 Å². The number of nitrogens with one attached hydrogen (secondary N) is 3. The van der Waals surface area contributed by atoms with Crippen molar-refractivity contribution in [2.75, 3.05) is 13.2 Å². The first-order valence-electron chi connectivity index (χ1n) is 19.6. The molecule has 0 radical (unpaired) electrons. The Kier molecular flexibility index (Phi) is 16.2. The minimum absolute atomic E-state index is 0.140. The van der Waals surface area contributed by atoms with Gasteiger partial charge in [-0.2, -0.15) is 0 Å². The van der Waals surface area contributed by atoms with E-state index in [0.717, 1.165) is 0 Å². The lowest BCUT2D eigenvalue weighted by Crippen LogP contribution is -2.70. The summed E-state index contributed by atoms with van der Waals surface area (Å²) in [5, 5.41) is 83.0. The molecule has 3 aromatic rings. The lowest BCUT2D eigenvalue weighted by molar-refractivity contribution is -0.314. The molecule has 0 aromatic heterocycles. The summed E-state index contributed by atoms with van der Waals surface area (Å²) in [6, 6.07) is 21.8. The van der Waals surface area contributed by atoms with Crippen LogP contribution in [0.5, 0.6) is 0 Å². The second-order valence-electron chi connectivity index (χ2n) is 14.7. The fourth-order valence-electron chi connectivity index (χ4n) is 7.19. The maximum absolute atomic E-state index is 13.5. The van der Waals surface area contributed by atoms with E-state index in [1.54, 1.807) is 91.0 Å². The van der Waals surface area contributed by atoms with Crippen LogP contribution in [0.3, 0.4) is 0 Å². The normalized spacial score (nSPS) is 32.3. The van der Waals surface area contributed by atoms with E-state index >= 15 is 0 Å². The number of hydrogen-bond donors (Lipinski definition) is 10. The summed E-state index contributed by atoms with van der Waals surface area (Å²) < 4.78 is 40.1. The summed E-state index contributed by atoms with van der Waals surface area (Å²) in [4.78, 5) is 39.8. The summed E-state index contributed by atoms with van der Waals surface area (Å²) in [6.45, 7) is -2.05. The van der Waals surface area contributed by atoms with Crippen LogP contribution in [-0.4, -0.2) is 153 Å². The fourth-order valence-corrected chi connectivity index (χ4v) is 7.19. The molecule has 6 rings (SSSR count). The van der Waals surface area contributed by atoms with Gasteiger partial charge in [-0.05, 0) is 23.1 Å². The molecular weight excluding hydrogens is 806 g/mol. The molecule has 10 N–H and O–H groups in total. The second kappa shape index (κ2) is 21.7. The average molecular weight is 858 g/mol. The van der Waals surface area contributed by atoms with E-state index in [1.165, 1.54) is 0 Å². The molecule has 0 spiro atoms. The zero-order valence-corrected chi connectivity index (χ0v) is 32.7. The summed E-state index contributed by atoms with van der Waals surface area (Å²) in [5.41, 5.74) is 1.93. The molecule has 3 aliphatic rings. The van der Waals surface area contributed by atoms with E-state index in [0.29, 0.717) is 16.7 Å².